The molecule has 0 amide bonds. The molecule has 2 aliphatic carbocycles. The molecule has 0 aliphatic heterocycles. The number of hydrogen-bond acceptors (Lipinski definition) is 2. The maximum atomic E-state index is 2.50. The third-order valence-electron chi connectivity index (χ3n) is 13.0. The first-order valence-corrected chi connectivity index (χ1v) is 22.6. The SMILES string of the molecule is C1=CCC=CC(n2c3ccccc3c3cc(N(c4ccccc4)C4C=CC(c5ccc(N(c6ccccc6)c6ccc7c(c6)c6ccccc6n7-c6ccccc6)cc5)=CC4)ccc32)=C1. The number of rotatable bonds is 9. The predicted molar refractivity (Wildman–Crippen MR) is 276 cm³/mol. The molecule has 0 fully saturated rings. The Bertz CT molecular complexity index is 3530. The van der Waals surface area contributed by atoms with Gasteiger partial charge in [-0.05, 0) is 133 Å². The zero-order chi connectivity index (χ0) is 43.1. The summed E-state index contributed by atoms with van der Waals surface area (Å²) in [6.45, 7) is 0. The van der Waals surface area contributed by atoms with Crippen molar-refractivity contribution in [2.75, 3.05) is 9.80 Å². The van der Waals surface area contributed by atoms with Gasteiger partial charge < -0.3 is 18.9 Å². The molecule has 2 aliphatic rings. The van der Waals surface area contributed by atoms with E-state index < -0.39 is 0 Å². The molecule has 0 N–H and O–H groups in total. The fraction of sp³-hybridized carbons (Fsp3) is 0.0492. The van der Waals surface area contributed by atoms with Crippen LogP contribution < -0.4 is 9.80 Å². The van der Waals surface area contributed by atoms with Crippen LogP contribution in [-0.4, -0.2) is 15.2 Å². The van der Waals surface area contributed by atoms with Crippen LogP contribution >= 0.6 is 0 Å². The first kappa shape index (κ1) is 38.3. The summed E-state index contributed by atoms with van der Waals surface area (Å²) in [6.07, 6.45) is 20.0. The van der Waals surface area contributed by atoms with Crippen molar-refractivity contribution in [3.8, 4) is 5.69 Å². The number of para-hydroxylation sites is 5. The third kappa shape index (κ3) is 6.88. The van der Waals surface area contributed by atoms with Crippen molar-refractivity contribution >= 4 is 83.3 Å². The highest BCUT2D eigenvalue weighted by Gasteiger charge is 2.23. The lowest BCUT2D eigenvalue weighted by atomic mass is 9.95. The van der Waals surface area contributed by atoms with Gasteiger partial charge in [0.1, 0.15) is 0 Å². The molecule has 0 bridgehead atoms. The summed E-state index contributed by atoms with van der Waals surface area (Å²) < 4.78 is 4.77. The molecule has 65 heavy (non-hydrogen) atoms. The zero-order valence-electron chi connectivity index (χ0n) is 36.0. The van der Waals surface area contributed by atoms with Gasteiger partial charge in [0, 0.05) is 61.4 Å². The van der Waals surface area contributed by atoms with Gasteiger partial charge in [-0.15, -0.1) is 0 Å². The highest BCUT2D eigenvalue weighted by Crippen LogP contribution is 2.42. The fourth-order valence-corrected chi connectivity index (χ4v) is 10.0. The number of nitrogens with zero attached hydrogens (tertiary/aromatic N) is 4. The Hall–Kier alpha value is -8.34. The topological polar surface area (TPSA) is 16.3 Å². The molecule has 2 heterocycles. The highest BCUT2D eigenvalue weighted by molar-refractivity contribution is 6.12. The molecular weight excluding hydrogens is 789 g/mol. The molecule has 0 radical (unpaired) electrons. The maximum Gasteiger partial charge on any atom is 0.0560 e. The summed E-state index contributed by atoms with van der Waals surface area (Å²) >= 11 is 0. The normalized spacial score (nSPS) is 14.8. The molecule has 0 saturated heterocycles. The predicted octanol–water partition coefficient (Wildman–Crippen LogP) is 16.3. The van der Waals surface area contributed by atoms with Crippen molar-refractivity contribution < 1.29 is 0 Å². The van der Waals surface area contributed by atoms with Gasteiger partial charge >= 0.3 is 0 Å². The molecular formula is C61H46N4. The van der Waals surface area contributed by atoms with Crippen LogP contribution in [0.3, 0.4) is 0 Å². The van der Waals surface area contributed by atoms with E-state index in [2.05, 4.69) is 268 Å². The molecule has 2 aromatic heterocycles. The van der Waals surface area contributed by atoms with Crippen molar-refractivity contribution in [1.29, 1.82) is 0 Å². The van der Waals surface area contributed by atoms with Crippen LogP contribution in [0.15, 0.2) is 249 Å². The van der Waals surface area contributed by atoms with E-state index in [1.165, 1.54) is 71.8 Å². The Morgan fingerprint density at radius 1 is 0.431 bits per heavy atom. The lowest BCUT2D eigenvalue weighted by molar-refractivity contribution is 0.787. The van der Waals surface area contributed by atoms with Gasteiger partial charge in [-0.3, -0.25) is 0 Å². The van der Waals surface area contributed by atoms with Crippen LogP contribution in [-0.2, 0) is 0 Å². The molecule has 0 saturated carbocycles. The van der Waals surface area contributed by atoms with Crippen LogP contribution in [0.2, 0.25) is 0 Å². The van der Waals surface area contributed by atoms with Crippen LogP contribution in [0.4, 0.5) is 28.4 Å². The van der Waals surface area contributed by atoms with Crippen LogP contribution in [0.5, 0.6) is 0 Å². The smallest absolute Gasteiger partial charge is 0.0560 e. The molecule has 310 valence electrons. The van der Waals surface area contributed by atoms with Crippen molar-refractivity contribution in [2.24, 2.45) is 0 Å². The minimum absolute atomic E-state index is 0.139. The minimum Gasteiger partial charge on any atom is -0.334 e. The minimum atomic E-state index is 0.139. The van der Waals surface area contributed by atoms with Gasteiger partial charge in [-0.25, -0.2) is 0 Å². The second kappa shape index (κ2) is 16.4. The van der Waals surface area contributed by atoms with E-state index in [1.54, 1.807) is 0 Å². The summed E-state index contributed by atoms with van der Waals surface area (Å²) in [4.78, 5) is 4.87. The third-order valence-corrected chi connectivity index (χ3v) is 13.0. The average Bonchev–Trinajstić information content (AvgIpc) is 3.73. The maximum absolute atomic E-state index is 2.50. The summed E-state index contributed by atoms with van der Waals surface area (Å²) in [6, 6.07) is 72.8. The Labute approximate surface area is 379 Å². The summed E-state index contributed by atoms with van der Waals surface area (Å²) in [5.74, 6) is 0. The van der Waals surface area contributed by atoms with Crippen molar-refractivity contribution in [1.82, 2.24) is 9.13 Å². The van der Waals surface area contributed by atoms with Crippen LogP contribution in [0.25, 0.3) is 60.6 Å². The molecule has 1 unspecified atom stereocenters. The van der Waals surface area contributed by atoms with E-state index in [0.717, 1.165) is 35.6 Å². The standard InChI is InChI=1S/C61H46N4/c1-2-7-23-48(22-6-1)64-58-28-16-14-26-54(58)56-42-52(38-40-60(56)64)62(46-18-8-3-9-19-46)50-34-30-44(31-35-50)45-32-36-51(37-33-45)63(47-20-10-4-11-21-47)53-39-41-61-57(43-53)55-27-15-17-29-59(55)65(61)49-24-12-5-13-25-49/h1,3-34,36-43,50H,2,35H2. The molecule has 4 heteroatoms. The van der Waals surface area contributed by atoms with Crippen molar-refractivity contribution in [2.45, 2.75) is 18.9 Å². The second-order valence-electron chi connectivity index (χ2n) is 16.8. The van der Waals surface area contributed by atoms with Gasteiger partial charge in [-0.2, -0.15) is 0 Å². The molecule has 10 aromatic rings. The summed E-state index contributed by atoms with van der Waals surface area (Å²) in [5, 5.41) is 4.97. The molecule has 4 nitrogen and oxygen atoms in total. The van der Waals surface area contributed by atoms with E-state index in [-0.39, 0.29) is 6.04 Å². The van der Waals surface area contributed by atoms with Gasteiger partial charge in [0.2, 0.25) is 0 Å². The van der Waals surface area contributed by atoms with Gasteiger partial charge in [0.15, 0.2) is 0 Å². The molecule has 8 aromatic carbocycles. The fourth-order valence-electron chi connectivity index (χ4n) is 10.0. The Morgan fingerprint density at radius 3 is 1.68 bits per heavy atom. The lowest BCUT2D eigenvalue weighted by Gasteiger charge is -2.33. The number of hydrogen-bond donors (Lipinski definition) is 0. The molecule has 1 atom stereocenters. The zero-order valence-corrected chi connectivity index (χ0v) is 36.0. The Balaban J connectivity index is 0.871. The number of fused-ring (bicyclic) bond motifs is 6. The van der Waals surface area contributed by atoms with Gasteiger partial charge in [-0.1, -0.05) is 140 Å². The Morgan fingerprint density at radius 2 is 0.985 bits per heavy atom. The number of anilines is 5. The number of benzene rings is 8. The first-order valence-electron chi connectivity index (χ1n) is 22.6. The second-order valence-corrected chi connectivity index (χ2v) is 16.8. The molecule has 0 spiro atoms. The first-order chi connectivity index (χ1) is 32.3. The van der Waals surface area contributed by atoms with Gasteiger partial charge in [0.25, 0.3) is 0 Å². The number of allylic oxidation sites excluding steroid dienone is 8. The van der Waals surface area contributed by atoms with E-state index in [9.17, 15) is 0 Å². The summed E-state index contributed by atoms with van der Waals surface area (Å²) in [5.41, 5.74) is 15.3. The van der Waals surface area contributed by atoms with Gasteiger partial charge in [0.05, 0.1) is 28.1 Å². The highest BCUT2D eigenvalue weighted by atomic mass is 15.2. The quantitative estimate of drug-likeness (QED) is 0.144. The van der Waals surface area contributed by atoms with Crippen LogP contribution in [0.1, 0.15) is 18.4 Å². The summed E-state index contributed by atoms with van der Waals surface area (Å²) in [7, 11) is 0. The average molecular weight is 835 g/mol. The van der Waals surface area contributed by atoms with Crippen molar-refractivity contribution in [3.05, 3.63) is 254 Å². The number of aromatic nitrogens is 2. The van der Waals surface area contributed by atoms with Crippen molar-refractivity contribution in [3.63, 3.8) is 0 Å². The van der Waals surface area contributed by atoms with E-state index in [0.29, 0.717) is 0 Å². The molecule has 12 rings (SSSR count). The largest absolute Gasteiger partial charge is 0.334 e. The van der Waals surface area contributed by atoms with E-state index >= 15 is 0 Å². The van der Waals surface area contributed by atoms with Crippen LogP contribution in [0, 0.1) is 0 Å². The van der Waals surface area contributed by atoms with E-state index in [1.807, 2.05) is 0 Å². The van der Waals surface area contributed by atoms with E-state index in [4.69, 9.17) is 0 Å². The monoisotopic (exact) mass is 834 g/mol. The Kier molecular flexibility index (Phi) is 9.68. The lowest BCUT2D eigenvalue weighted by Crippen LogP contribution is -2.30.